The van der Waals surface area contributed by atoms with Crippen LogP contribution >= 0.6 is 0 Å². The largest absolute Gasteiger partial charge is 0.384 e. The van der Waals surface area contributed by atoms with Crippen LogP contribution in [0.3, 0.4) is 0 Å². The summed E-state index contributed by atoms with van der Waals surface area (Å²) in [4.78, 5) is 20.5. The standard InChI is InChI=1S/C15H18N4O/c1-2-5-12-8-11(9-14(16)19-12)15(20)18-10-13-6-3-4-7-17-13/h3-4,6-9H,2,5,10H2,1H3,(H2,16,19)(H,18,20). The van der Waals surface area contributed by atoms with E-state index in [1.807, 2.05) is 18.2 Å². The Morgan fingerprint density at radius 2 is 2.15 bits per heavy atom. The number of nitrogen functional groups attached to an aromatic ring is 1. The van der Waals surface area contributed by atoms with Gasteiger partial charge in [0.2, 0.25) is 0 Å². The Morgan fingerprint density at radius 1 is 1.30 bits per heavy atom. The number of aromatic nitrogens is 2. The van der Waals surface area contributed by atoms with Crippen molar-refractivity contribution in [2.24, 2.45) is 0 Å². The molecule has 0 fully saturated rings. The van der Waals surface area contributed by atoms with Crippen LogP contribution in [0, 0.1) is 0 Å². The van der Waals surface area contributed by atoms with Crippen molar-refractivity contribution in [1.82, 2.24) is 15.3 Å². The molecule has 1 amide bonds. The molecule has 104 valence electrons. The number of nitrogens with one attached hydrogen (secondary N) is 1. The van der Waals surface area contributed by atoms with Gasteiger partial charge in [-0.05, 0) is 30.7 Å². The van der Waals surface area contributed by atoms with Gasteiger partial charge in [-0.25, -0.2) is 4.98 Å². The van der Waals surface area contributed by atoms with Gasteiger partial charge in [0, 0.05) is 17.5 Å². The Morgan fingerprint density at radius 3 is 2.85 bits per heavy atom. The fourth-order valence-corrected chi connectivity index (χ4v) is 1.90. The third kappa shape index (κ3) is 3.78. The summed E-state index contributed by atoms with van der Waals surface area (Å²) in [6.07, 6.45) is 3.47. The predicted octanol–water partition coefficient (Wildman–Crippen LogP) is 1.94. The first-order chi connectivity index (χ1) is 9.69. The predicted molar refractivity (Wildman–Crippen MR) is 78.1 cm³/mol. The number of carbonyl (C=O) groups is 1. The van der Waals surface area contributed by atoms with E-state index in [1.165, 1.54) is 0 Å². The summed E-state index contributed by atoms with van der Waals surface area (Å²) in [6.45, 7) is 2.46. The number of nitrogens with two attached hydrogens (primary N) is 1. The average molecular weight is 270 g/mol. The molecule has 0 aromatic carbocycles. The van der Waals surface area contributed by atoms with Crippen LogP contribution in [-0.4, -0.2) is 15.9 Å². The van der Waals surface area contributed by atoms with Gasteiger partial charge in [0.25, 0.3) is 5.91 Å². The molecule has 0 saturated carbocycles. The van der Waals surface area contributed by atoms with E-state index < -0.39 is 0 Å². The average Bonchev–Trinajstić information content (AvgIpc) is 2.45. The summed E-state index contributed by atoms with van der Waals surface area (Å²) in [5.74, 6) is 0.209. The van der Waals surface area contributed by atoms with Gasteiger partial charge in [0.15, 0.2) is 0 Å². The molecule has 2 aromatic rings. The van der Waals surface area contributed by atoms with Gasteiger partial charge in [-0.3, -0.25) is 9.78 Å². The minimum absolute atomic E-state index is 0.165. The second-order valence-corrected chi connectivity index (χ2v) is 4.53. The van der Waals surface area contributed by atoms with Crippen LogP contribution in [-0.2, 0) is 13.0 Å². The molecule has 0 bridgehead atoms. The summed E-state index contributed by atoms with van der Waals surface area (Å²) in [7, 11) is 0. The lowest BCUT2D eigenvalue weighted by atomic mass is 10.1. The lowest BCUT2D eigenvalue weighted by molar-refractivity contribution is 0.0950. The summed E-state index contributed by atoms with van der Waals surface area (Å²) in [5, 5.41) is 2.83. The molecule has 0 unspecified atom stereocenters. The topological polar surface area (TPSA) is 80.9 Å². The highest BCUT2D eigenvalue weighted by molar-refractivity contribution is 5.94. The monoisotopic (exact) mass is 270 g/mol. The molecule has 2 heterocycles. The third-order valence-corrected chi connectivity index (χ3v) is 2.82. The number of anilines is 1. The van der Waals surface area contributed by atoms with Crippen LogP contribution in [0.2, 0.25) is 0 Å². The van der Waals surface area contributed by atoms with Gasteiger partial charge in [0.05, 0.1) is 12.2 Å². The first-order valence-electron chi connectivity index (χ1n) is 6.63. The van der Waals surface area contributed by atoms with Crippen LogP contribution in [0.15, 0.2) is 36.5 Å². The first-order valence-corrected chi connectivity index (χ1v) is 6.63. The number of rotatable bonds is 5. The van der Waals surface area contributed by atoms with Crippen LogP contribution in [0.4, 0.5) is 5.82 Å². The summed E-state index contributed by atoms with van der Waals surface area (Å²) in [6, 6.07) is 8.97. The van der Waals surface area contributed by atoms with Gasteiger partial charge >= 0.3 is 0 Å². The minimum Gasteiger partial charge on any atom is -0.384 e. The van der Waals surface area contributed by atoms with Crippen molar-refractivity contribution in [2.45, 2.75) is 26.3 Å². The number of hydrogen-bond donors (Lipinski definition) is 2. The molecule has 5 heteroatoms. The Balaban J connectivity index is 2.05. The van der Waals surface area contributed by atoms with E-state index >= 15 is 0 Å². The summed E-state index contributed by atoms with van der Waals surface area (Å²) in [5.41, 5.74) is 7.93. The highest BCUT2D eigenvalue weighted by Crippen LogP contribution is 2.10. The smallest absolute Gasteiger partial charge is 0.251 e. The zero-order chi connectivity index (χ0) is 14.4. The number of nitrogens with zero attached hydrogens (tertiary/aromatic N) is 2. The van der Waals surface area contributed by atoms with E-state index in [4.69, 9.17) is 5.73 Å². The number of aryl methyl sites for hydroxylation is 1. The van der Waals surface area contributed by atoms with Gasteiger partial charge < -0.3 is 11.1 Å². The number of pyridine rings is 2. The molecule has 3 N–H and O–H groups in total. The second kappa shape index (κ2) is 6.65. The van der Waals surface area contributed by atoms with Crippen molar-refractivity contribution in [3.05, 3.63) is 53.5 Å². The molecule has 5 nitrogen and oxygen atoms in total. The number of carbonyl (C=O) groups excluding carboxylic acids is 1. The van der Waals surface area contributed by atoms with Crippen molar-refractivity contribution in [1.29, 1.82) is 0 Å². The Labute approximate surface area is 118 Å². The fourth-order valence-electron chi connectivity index (χ4n) is 1.90. The van der Waals surface area contributed by atoms with Gasteiger partial charge in [-0.2, -0.15) is 0 Å². The van der Waals surface area contributed by atoms with E-state index in [2.05, 4.69) is 22.2 Å². The molecule has 0 saturated heterocycles. The molecule has 0 aliphatic heterocycles. The quantitative estimate of drug-likeness (QED) is 0.870. The maximum Gasteiger partial charge on any atom is 0.251 e. The normalized spacial score (nSPS) is 10.2. The third-order valence-electron chi connectivity index (χ3n) is 2.82. The molecule has 2 rings (SSSR count). The van der Waals surface area contributed by atoms with Gasteiger partial charge in [-0.1, -0.05) is 19.4 Å². The van der Waals surface area contributed by atoms with Crippen molar-refractivity contribution in [3.63, 3.8) is 0 Å². The van der Waals surface area contributed by atoms with Gasteiger partial charge in [-0.15, -0.1) is 0 Å². The highest BCUT2D eigenvalue weighted by Gasteiger charge is 2.08. The molecule has 0 aliphatic carbocycles. The lowest BCUT2D eigenvalue weighted by Gasteiger charge is -2.07. The molecular weight excluding hydrogens is 252 g/mol. The SMILES string of the molecule is CCCc1cc(C(=O)NCc2ccccn2)cc(N)n1. The van der Waals surface area contributed by atoms with Crippen LogP contribution < -0.4 is 11.1 Å². The zero-order valence-electron chi connectivity index (χ0n) is 11.5. The molecule has 0 spiro atoms. The molecule has 0 radical (unpaired) electrons. The van der Waals surface area contributed by atoms with Crippen LogP contribution in [0.1, 0.15) is 35.1 Å². The van der Waals surface area contributed by atoms with E-state index in [0.717, 1.165) is 24.2 Å². The number of amides is 1. The summed E-state index contributed by atoms with van der Waals surface area (Å²) >= 11 is 0. The Hall–Kier alpha value is -2.43. The Bertz CT molecular complexity index is 584. The number of hydrogen-bond acceptors (Lipinski definition) is 4. The fraction of sp³-hybridized carbons (Fsp3) is 0.267. The lowest BCUT2D eigenvalue weighted by Crippen LogP contribution is -2.23. The molecule has 2 aromatic heterocycles. The minimum atomic E-state index is -0.165. The van der Waals surface area contributed by atoms with E-state index in [0.29, 0.717) is 17.9 Å². The van der Waals surface area contributed by atoms with Crippen molar-refractivity contribution >= 4 is 11.7 Å². The van der Waals surface area contributed by atoms with Crippen molar-refractivity contribution in [3.8, 4) is 0 Å². The highest BCUT2D eigenvalue weighted by atomic mass is 16.1. The van der Waals surface area contributed by atoms with E-state index in [9.17, 15) is 4.79 Å². The van der Waals surface area contributed by atoms with Crippen LogP contribution in [0.5, 0.6) is 0 Å². The van der Waals surface area contributed by atoms with E-state index in [1.54, 1.807) is 18.3 Å². The second-order valence-electron chi connectivity index (χ2n) is 4.53. The molecule has 20 heavy (non-hydrogen) atoms. The Kier molecular flexibility index (Phi) is 4.65. The van der Waals surface area contributed by atoms with Crippen LogP contribution in [0.25, 0.3) is 0 Å². The molecule has 0 atom stereocenters. The van der Waals surface area contributed by atoms with Crippen molar-refractivity contribution < 1.29 is 4.79 Å². The van der Waals surface area contributed by atoms with Gasteiger partial charge in [0.1, 0.15) is 5.82 Å². The maximum absolute atomic E-state index is 12.1. The van der Waals surface area contributed by atoms with E-state index in [-0.39, 0.29) is 5.91 Å². The van der Waals surface area contributed by atoms with Crippen molar-refractivity contribution in [2.75, 3.05) is 5.73 Å². The zero-order valence-corrected chi connectivity index (χ0v) is 11.5. The molecular formula is C15H18N4O. The molecule has 0 aliphatic rings. The summed E-state index contributed by atoms with van der Waals surface area (Å²) < 4.78 is 0. The first kappa shape index (κ1) is 14.0. The maximum atomic E-state index is 12.1.